The van der Waals surface area contributed by atoms with E-state index in [1.165, 1.54) is 0 Å². The fourth-order valence-electron chi connectivity index (χ4n) is 5.78. The Hall–Kier alpha value is -5.08. The third kappa shape index (κ3) is 4.42. The number of amidine groups is 2. The van der Waals surface area contributed by atoms with Gasteiger partial charge in [0.1, 0.15) is 0 Å². The van der Waals surface area contributed by atoms with Gasteiger partial charge in [0.05, 0.1) is 43.0 Å². The monoisotopic (exact) mass is 588 g/mol. The maximum atomic E-state index is 6.52. The lowest BCUT2D eigenvalue weighted by atomic mass is 9.92. The number of rotatable bonds is 5. The first-order valence-corrected chi connectivity index (χ1v) is 14.3. The van der Waals surface area contributed by atoms with Crippen LogP contribution in [0.1, 0.15) is 28.4 Å². The van der Waals surface area contributed by atoms with E-state index in [0.717, 1.165) is 51.0 Å². The molecular formula is C34H29ClN6O2. The maximum Gasteiger partial charge on any atom is 0.179 e. The highest BCUT2D eigenvalue weighted by Crippen LogP contribution is 2.51. The minimum Gasteiger partial charge on any atom is -0.493 e. The summed E-state index contributed by atoms with van der Waals surface area (Å²) in [5.41, 5.74) is 7.19. The van der Waals surface area contributed by atoms with Crippen LogP contribution in [-0.4, -0.2) is 35.7 Å². The molecule has 0 aliphatic carbocycles. The number of aryl methyl sites for hydroxylation is 2. The highest BCUT2D eigenvalue weighted by molar-refractivity contribution is 6.51. The quantitative estimate of drug-likeness (QED) is 0.225. The molecule has 2 aliphatic heterocycles. The van der Waals surface area contributed by atoms with E-state index in [0.29, 0.717) is 28.2 Å². The predicted molar refractivity (Wildman–Crippen MR) is 173 cm³/mol. The van der Waals surface area contributed by atoms with Crippen LogP contribution in [0.25, 0.3) is 5.69 Å². The summed E-state index contributed by atoms with van der Waals surface area (Å²) in [6, 6.07) is 29.6. The molecule has 0 unspecified atom stereocenters. The zero-order chi connectivity index (χ0) is 29.7. The van der Waals surface area contributed by atoms with Crippen LogP contribution in [0.15, 0.2) is 101 Å². The van der Waals surface area contributed by atoms with Gasteiger partial charge >= 0.3 is 0 Å². The normalized spacial score (nSPS) is 15.1. The molecule has 214 valence electrons. The number of nitrogens with zero attached hydrogens (tertiary/aromatic N) is 5. The van der Waals surface area contributed by atoms with Gasteiger partial charge in [0.15, 0.2) is 29.0 Å². The van der Waals surface area contributed by atoms with Gasteiger partial charge in [0.2, 0.25) is 0 Å². The number of para-hydroxylation sites is 4. The van der Waals surface area contributed by atoms with Crippen LogP contribution in [0.2, 0.25) is 5.02 Å². The van der Waals surface area contributed by atoms with Crippen LogP contribution in [0.4, 0.5) is 22.9 Å². The standard InChI is InChI=1S/C34H29ClN6O2/c1-20-17-18-22(19-25(20)35)36-32-34-38-33-29(21(2)39-41(33)23-11-6-5-7-12-23)30(24-13-10-16-28(42-3)31(24)43-4)40(34)27-15-9-8-14-26(27)37-32/h5-19,30H,1-4H3,(H,36,37)/t30-/m1/s1. The van der Waals surface area contributed by atoms with Crippen LogP contribution >= 0.6 is 11.6 Å². The fourth-order valence-corrected chi connectivity index (χ4v) is 5.96. The number of aromatic nitrogens is 2. The van der Waals surface area contributed by atoms with E-state index in [-0.39, 0.29) is 6.04 Å². The molecule has 0 spiro atoms. The number of benzene rings is 4. The number of nitrogens with one attached hydrogen (secondary N) is 1. The smallest absolute Gasteiger partial charge is 0.179 e. The SMILES string of the molecule is COc1cccc([C@@H]2c3c(C)nn(-c4ccccc4)c3N=C3C(Nc4ccc(C)c(Cl)c4)=Nc4ccccc4N32)c1OC. The molecule has 7 rings (SSSR count). The van der Waals surface area contributed by atoms with Crippen molar-refractivity contribution < 1.29 is 9.47 Å². The summed E-state index contributed by atoms with van der Waals surface area (Å²) in [4.78, 5) is 12.6. The predicted octanol–water partition coefficient (Wildman–Crippen LogP) is 7.96. The van der Waals surface area contributed by atoms with Crippen LogP contribution in [0, 0.1) is 13.8 Å². The second-order valence-electron chi connectivity index (χ2n) is 10.4. The highest BCUT2D eigenvalue weighted by Gasteiger charge is 2.43. The maximum absolute atomic E-state index is 6.52. The van der Waals surface area contributed by atoms with Crippen molar-refractivity contribution in [3.8, 4) is 17.2 Å². The van der Waals surface area contributed by atoms with Crippen LogP contribution in [0.5, 0.6) is 11.5 Å². The van der Waals surface area contributed by atoms with Crippen LogP contribution in [-0.2, 0) is 0 Å². The summed E-state index contributed by atoms with van der Waals surface area (Å²) in [6.45, 7) is 4.00. The molecule has 5 aromatic rings. The molecule has 2 aliphatic rings. The van der Waals surface area contributed by atoms with Gasteiger partial charge in [0.25, 0.3) is 0 Å². The molecule has 0 radical (unpaired) electrons. The Kier molecular flexibility index (Phi) is 6.63. The van der Waals surface area contributed by atoms with Crippen LogP contribution < -0.4 is 19.7 Å². The summed E-state index contributed by atoms with van der Waals surface area (Å²) in [5.74, 6) is 3.25. The molecule has 0 fully saturated rings. The van der Waals surface area contributed by atoms with Gasteiger partial charge in [-0.05, 0) is 61.9 Å². The number of aliphatic imine (C=N–C) groups is 2. The van der Waals surface area contributed by atoms with Crippen LogP contribution in [0.3, 0.4) is 0 Å². The molecule has 8 nitrogen and oxygen atoms in total. The molecule has 1 N–H and O–H groups in total. The Balaban J connectivity index is 1.52. The number of ether oxygens (including phenoxy) is 2. The average molecular weight is 589 g/mol. The van der Waals surface area contributed by atoms with Gasteiger partial charge in [-0.3, -0.25) is 0 Å². The lowest BCUT2D eigenvalue weighted by molar-refractivity contribution is 0.350. The molecule has 0 amide bonds. The molecule has 0 saturated heterocycles. The van der Waals surface area contributed by atoms with Gasteiger partial charge in [0, 0.05) is 21.8 Å². The number of fused-ring (bicyclic) bond motifs is 4. The molecule has 3 heterocycles. The molecule has 9 heteroatoms. The summed E-state index contributed by atoms with van der Waals surface area (Å²) >= 11 is 6.52. The molecule has 43 heavy (non-hydrogen) atoms. The number of halogens is 1. The van der Waals surface area contributed by atoms with E-state index in [4.69, 9.17) is 36.2 Å². The Morgan fingerprint density at radius 2 is 1.63 bits per heavy atom. The summed E-state index contributed by atoms with van der Waals surface area (Å²) in [7, 11) is 3.32. The first kappa shape index (κ1) is 26.8. The summed E-state index contributed by atoms with van der Waals surface area (Å²) in [5, 5.41) is 9.20. The zero-order valence-corrected chi connectivity index (χ0v) is 24.9. The van der Waals surface area contributed by atoms with Crippen molar-refractivity contribution in [2.24, 2.45) is 9.98 Å². The number of methoxy groups -OCH3 is 2. The van der Waals surface area contributed by atoms with E-state index in [9.17, 15) is 0 Å². The van der Waals surface area contributed by atoms with Crippen molar-refractivity contribution in [1.29, 1.82) is 0 Å². The van der Waals surface area contributed by atoms with Crippen molar-refractivity contribution >= 4 is 46.2 Å². The minimum absolute atomic E-state index is 0.361. The first-order valence-electron chi connectivity index (χ1n) is 13.9. The second kappa shape index (κ2) is 10.6. The molecule has 0 saturated carbocycles. The third-order valence-electron chi connectivity index (χ3n) is 7.80. The Labute approximate surface area is 254 Å². The van der Waals surface area contributed by atoms with Crippen molar-refractivity contribution in [3.63, 3.8) is 0 Å². The fraction of sp³-hybridized carbons (Fsp3) is 0.147. The molecular weight excluding hydrogens is 560 g/mol. The van der Waals surface area contributed by atoms with Gasteiger partial charge in [-0.25, -0.2) is 14.7 Å². The van der Waals surface area contributed by atoms with E-state index in [1.807, 2.05) is 97.4 Å². The number of anilines is 2. The summed E-state index contributed by atoms with van der Waals surface area (Å²) < 4.78 is 13.6. The Morgan fingerprint density at radius 3 is 2.40 bits per heavy atom. The van der Waals surface area contributed by atoms with Gasteiger partial charge in [-0.1, -0.05) is 60.1 Å². The molecule has 1 aromatic heterocycles. The van der Waals surface area contributed by atoms with Gasteiger partial charge in [-0.15, -0.1) is 0 Å². The average Bonchev–Trinajstić information content (AvgIpc) is 3.37. The van der Waals surface area contributed by atoms with E-state index in [2.05, 4.69) is 22.3 Å². The van der Waals surface area contributed by atoms with E-state index in [1.54, 1.807) is 14.2 Å². The number of hydrogen-bond donors (Lipinski definition) is 1. The lowest BCUT2D eigenvalue weighted by Crippen LogP contribution is -2.46. The van der Waals surface area contributed by atoms with E-state index < -0.39 is 0 Å². The molecule has 0 bridgehead atoms. The molecule has 4 aromatic carbocycles. The lowest BCUT2D eigenvalue weighted by Gasteiger charge is -2.41. The topological polar surface area (TPSA) is 76.3 Å². The van der Waals surface area contributed by atoms with Crippen molar-refractivity contribution in [1.82, 2.24) is 9.78 Å². The number of hydrogen-bond acceptors (Lipinski definition) is 7. The third-order valence-corrected chi connectivity index (χ3v) is 8.21. The largest absolute Gasteiger partial charge is 0.493 e. The summed E-state index contributed by atoms with van der Waals surface area (Å²) in [6.07, 6.45) is 0. The second-order valence-corrected chi connectivity index (χ2v) is 10.8. The van der Waals surface area contributed by atoms with Gasteiger partial charge in [-0.2, -0.15) is 5.10 Å². The van der Waals surface area contributed by atoms with Crippen molar-refractivity contribution in [3.05, 3.63) is 118 Å². The zero-order valence-electron chi connectivity index (χ0n) is 24.2. The first-order chi connectivity index (χ1) is 21.0. The van der Waals surface area contributed by atoms with Gasteiger partial charge < -0.3 is 19.7 Å². The molecule has 1 atom stereocenters. The minimum atomic E-state index is -0.361. The Bertz CT molecular complexity index is 1930. The van der Waals surface area contributed by atoms with Crippen molar-refractivity contribution in [2.75, 3.05) is 24.4 Å². The highest BCUT2D eigenvalue weighted by atomic mass is 35.5. The van der Waals surface area contributed by atoms with Crippen molar-refractivity contribution in [2.45, 2.75) is 19.9 Å². The van der Waals surface area contributed by atoms with E-state index >= 15 is 0 Å². The Morgan fingerprint density at radius 1 is 0.837 bits per heavy atom.